The van der Waals surface area contributed by atoms with E-state index in [2.05, 4.69) is 5.32 Å². The first kappa shape index (κ1) is 14.1. The molecule has 0 spiro atoms. The molecule has 0 saturated heterocycles. The molecule has 2 aromatic carbocycles. The summed E-state index contributed by atoms with van der Waals surface area (Å²) in [6.45, 7) is 0.514. The Morgan fingerprint density at radius 1 is 1.10 bits per heavy atom. The average molecular weight is 278 g/mol. The van der Waals surface area contributed by atoms with E-state index >= 15 is 0 Å². The molecular formula is C15H16F2N2O. The van der Waals surface area contributed by atoms with Gasteiger partial charge in [-0.15, -0.1) is 0 Å². The zero-order valence-corrected chi connectivity index (χ0v) is 11.1. The lowest BCUT2D eigenvalue weighted by molar-refractivity contribution is 0.415. The van der Waals surface area contributed by atoms with E-state index in [4.69, 9.17) is 10.5 Å². The largest absolute Gasteiger partial charge is 0.497 e. The van der Waals surface area contributed by atoms with E-state index in [9.17, 15) is 8.78 Å². The van der Waals surface area contributed by atoms with Gasteiger partial charge in [-0.25, -0.2) is 8.78 Å². The molecule has 0 saturated carbocycles. The van der Waals surface area contributed by atoms with E-state index in [1.807, 2.05) is 0 Å². The smallest absolute Gasteiger partial charge is 0.126 e. The first-order valence-corrected chi connectivity index (χ1v) is 6.21. The number of rotatable bonds is 5. The predicted octanol–water partition coefficient (Wildman–Crippen LogP) is 3.21. The molecule has 0 aliphatic rings. The fourth-order valence-electron chi connectivity index (χ4n) is 1.91. The number of hydrogen-bond donors (Lipinski definition) is 2. The molecule has 3 nitrogen and oxygen atoms in total. The minimum atomic E-state index is -0.569. The van der Waals surface area contributed by atoms with Crippen LogP contribution in [0.5, 0.6) is 5.75 Å². The maximum absolute atomic E-state index is 13.0. The maximum Gasteiger partial charge on any atom is 0.126 e. The number of nitrogen functional groups attached to an aromatic ring is 1. The quantitative estimate of drug-likeness (QED) is 0.826. The number of nitrogens with two attached hydrogens (primary N) is 1. The highest BCUT2D eigenvalue weighted by molar-refractivity contribution is 5.68. The van der Waals surface area contributed by atoms with Crippen LogP contribution in [0.1, 0.15) is 5.56 Å². The highest BCUT2D eigenvalue weighted by Gasteiger charge is 2.03. The molecule has 0 radical (unpaired) electrons. The van der Waals surface area contributed by atoms with Crippen LogP contribution in [0.25, 0.3) is 0 Å². The van der Waals surface area contributed by atoms with Gasteiger partial charge in [-0.05, 0) is 36.2 Å². The molecule has 3 N–H and O–H groups in total. The van der Waals surface area contributed by atoms with Gasteiger partial charge >= 0.3 is 0 Å². The van der Waals surface area contributed by atoms with Gasteiger partial charge in [0.25, 0.3) is 0 Å². The Kier molecular flexibility index (Phi) is 4.40. The van der Waals surface area contributed by atoms with Gasteiger partial charge in [-0.3, -0.25) is 0 Å². The second kappa shape index (κ2) is 6.23. The third-order valence-corrected chi connectivity index (χ3v) is 2.91. The zero-order valence-electron chi connectivity index (χ0n) is 11.1. The molecular weight excluding hydrogens is 262 g/mol. The molecule has 0 aromatic heterocycles. The van der Waals surface area contributed by atoms with Crippen molar-refractivity contribution in [2.24, 2.45) is 0 Å². The number of ether oxygens (including phenoxy) is 1. The topological polar surface area (TPSA) is 47.3 Å². The maximum atomic E-state index is 13.0. The van der Waals surface area contributed by atoms with Crippen LogP contribution in [0, 0.1) is 11.6 Å². The third kappa shape index (κ3) is 3.60. The van der Waals surface area contributed by atoms with Gasteiger partial charge in [-0.2, -0.15) is 0 Å². The van der Waals surface area contributed by atoms with Gasteiger partial charge in [0.15, 0.2) is 0 Å². The van der Waals surface area contributed by atoms with Gasteiger partial charge in [0.2, 0.25) is 0 Å². The summed E-state index contributed by atoms with van der Waals surface area (Å²) in [7, 11) is 1.57. The monoisotopic (exact) mass is 278 g/mol. The molecule has 0 amide bonds. The summed E-state index contributed by atoms with van der Waals surface area (Å²) in [6.07, 6.45) is 0.491. The molecule has 0 aliphatic carbocycles. The Morgan fingerprint density at radius 2 is 1.80 bits per heavy atom. The summed E-state index contributed by atoms with van der Waals surface area (Å²) in [5, 5.41) is 3.13. The van der Waals surface area contributed by atoms with E-state index in [1.54, 1.807) is 25.3 Å². The molecule has 0 aliphatic heterocycles. The molecule has 2 aromatic rings. The molecule has 20 heavy (non-hydrogen) atoms. The molecule has 0 bridgehead atoms. The van der Waals surface area contributed by atoms with E-state index < -0.39 is 11.6 Å². The summed E-state index contributed by atoms with van der Waals surface area (Å²) in [5.74, 6) is -0.444. The Hall–Kier alpha value is -2.30. The minimum absolute atomic E-state index is 0.491. The summed E-state index contributed by atoms with van der Waals surface area (Å²) < 4.78 is 31.2. The van der Waals surface area contributed by atoms with Crippen LogP contribution in [0.2, 0.25) is 0 Å². The summed E-state index contributed by atoms with van der Waals surface area (Å²) in [4.78, 5) is 0. The summed E-state index contributed by atoms with van der Waals surface area (Å²) >= 11 is 0. The Morgan fingerprint density at radius 3 is 2.45 bits per heavy atom. The second-order valence-electron chi connectivity index (χ2n) is 4.41. The minimum Gasteiger partial charge on any atom is -0.497 e. The van der Waals surface area contributed by atoms with Crippen molar-refractivity contribution >= 4 is 11.4 Å². The molecule has 0 fully saturated rings. The third-order valence-electron chi connectivity index (χ3n) is 2.91. The van der Waals surface area contributed by atoms with Crippen molar-refractivity contribution in [2.75, 3.05) is 24.7 Å². The number of hydrogen-bond acceptors (Lipinski definition) is 3. The average Bonchev–Trinajstić information content (AvgIpc) is 2.40. The van der Waals surface area contributed by atoms with E-state index in [0.29, 0.717) is 30.0 Å². The molecule has 5 heteroatoms. The Bertz CT molecular complexity index is 582. The molecule has 2 rings (SSSR count). The van der Waals surface area contributed by atoms with Crippen molar-refractivity contribution in [3.05, 3.63) is 53.6 Å². The molecule has 0 unspecified atom stereocenters. The van der Waals surface area contributed by atoms with E-state index in [-0.39, 0.29) is 0 Å². The lowest BCUT2D eigenvalue weighted by Crippen LogP contribution is -2.07. The van der Waals surface area contributed by atoms with Crippen LogP contribution in [0.4, 0.5) is 20.2 Å². The molecule has 0 heterocycles. The zero-order chi connectivity index (χ0) is 14.5. The summed E-state index contributed by atoms with van der Waals surface area (Å²) in [5.41, 5.74) is 7.76. The number of nitrogens with one attached hydrogen (secondary N) is 1. The first-order valence-electron chi connectivity index (χ1n) is 6.21. The Balaban J connectivity index is 1.99. The molecule has 106 valence electrons. The normalized spacial score (nSPS) is 10.3. The van der Waals surface area contributed by atoms with Crippen molar-refractivity contribution < 1.29 is 13.5 Å². The SMILES string of the molecule is COc1ccc(N)c(NCCc2cc(F)cc(F)c2)c1. The van der Waals surface area contributed by atoms with E-state index in [1.165, 1.54) is 12.1 Å². The van der Waals surface area contributed by atoms with Crippen LogP contribution in [0.3, 0.4) is 0 Å². The predicted molar refractivity (Wildman–Crippen MR) is 76.0 cm³/mol. The fourth-order valence-corrected chi connectivity index (χ4v) is 1.91. The van der Waals surface area contributed by atoms with Gasteiger partial charge in [0.05, 0.1) is 18.5 Å². The lowest BCUT2D eigenvalue weighted by atomic mass is 10.1. The first-order chi connectivity index (χ1) is 9.58. The van der Waals surface area contributed by atoms with Crippen LogP contribution < -0.4 is 15.8 Å². The number of methoxy groups -OCH3 is 1. The van der Waals surface area contributed by atoms with Crippen molar-refractivity contribution in [1.29, 1.82) is 0 Å². The Labute approximate surface area is 116 Å². The highest BCUT2D eigenvalue weighted by Crippen LogP contribution is 2.24. The van der Waals surface area contributed by atoms with Crippen molar-refractivity contribution in [1.82, 2.24) is 0 Å². The van der Waals surface area contributed by atoms with Crippen molar-refractivity contribution in [2.45, 2.75) is 6.42 Å². The second-order valence-corrected chi connectivity index (χ2v) is 4.41. The van der Waals surface area contributed by atoms with Gasteiger partial charge in [0, 0.05) is 18.7 Å². The van der Waals surface area contributed by atoms with Gasteiger partial charge in [0.1, 0.15) is 17.4 Å². The number of halogens is 2. The van der Waals surface area contributed by atoms with Gasteiger partial charge in [-0.1, -0.05) is 0 Å². The fraction of sp³-hybridized carbons (Fsp3) is 0.200. The van der Waals surface area contributed by atoms with E-state index in [0.717, 1.165) is 11.8 Å². The van der Waals surface area contributed by atoms with Crippen LogP contribution >= 0.6 is 0 Å². The van der Waals surface area contributed by atoms with Crippen molar-refractivity contribution in [3.63, 3.8) is 0 Å². The van der Waals surface area contributed by atoms with Crippen molar-refractivity contribution in [3.8, 4) is 5.75 Å². The van der Waals surface area contributed by atoms with Crippen LogP contribution in [-0.4, -0.2) is 13.7 Å². The number of anilines is 2. The highest BCUT2D eigenvalue weighted by atomic mass is 19.1. The standard InChI is InChI=1S/C15H16F2N2O/c1-20-13-2-3-14(18)15(9-13)19-5-4-10-6-11(16)8-12(17)7-10/h2-3,6-9,19H,4-5,18H2,1H3. The number of benzene rings is 2. The lowest BCUT2D eigenvalue weighted by Gasteiger charge is -2.11. The van der Waals surface area contributed by atoms with Gasteiger partial charge < -0.3 is 15.8 Å². The summed E-state index contributed by atoms with van der Waals surface area (Å²) in [6, 6.07) is 8.78. The molecule has 0 atom stereocenters. The van der Waals surface area contributed by atoms with Crippen LogP contribution in [0.15, 0.2) is 36.4 Å². The van der Waals surface area contributed by atoms with Crippen LogP contribution in [-0.2, 0) is 6.42 Å².